The third kappa shape index (κ3) is 5.10. The second-order valence-corrected chi connectivity index (χ2v) is 6.72. The first-order valence-corrected chi connectivity index (χ1v) is 9.03. The molecule has 0 aromatic rings. The highest BCUT2D eigenvalue weighted by Gasteiger charge is 2.24. The van der Waals surface area contributed by atoms with Crippen LogP contribution in [0.15, 0.2) is 0 Å². The maximum absolute atomic E-state index is 6.03. The van der Waals surface area contributed by atoms with E-state index in [1.54, 1.807) is 0 Å². The molecule has 1 aliphatic rings. The molecule has 0 amide bonds. The highest BCUT2D eigenvalue weighted by atomic mass is 32.2. The van der Waals surface area contributed by atoms with Gasteiger partial charge in [0, 0.05) is 24.4 Å². The van der Waals surface area contributed by atoms with E-state index in [2.05, 4.69) is 25.1 Å². The van der Waals surface area contributed by atoms with E-state index >= 15 is 0 Å². The summed E-state index contributed by atoms with van der Waals surface area (Å²) in [6, 6.07) is 1.28. The Morgan fingerprint density at radius 3 is 2.39 bits per heavy atom. The first-order chi connectivity index (χ1) is 8.72. The zero-order valence-electron chi connectivity index (χ0n) is 12.5. The van der Waals surface area contributed by atoms with Crippen molar-refractivity contribution in [1.82, 2.24) is 4.90 Å². The molecule has 2 unspecified atom stereocenters. The van der Waals surface area contributed by atoms with Gasteiger partial charge in [-0.1, -0.05) is 39.0 Å². The van der Waals surface area contributed by atoms with Gasteiger partial charge in [0.2, 0.25) is 0 Å². The largest absolute Gasteiger partial charge is 0.329 e. The Balaban J connectivity index is 2.46. The lowest BCUT2D eigenvalue weighted by Gasteiger charge is -2.36. The van der Waals surface area contributed by atoms with Crippen molar-refractivity contribution < 1.29 is 0 Å². The topological polar surface area (TPSA) is 29.3 Å². The molecule has 0 aromatic carbocycles. The molecule has 1 aliphatic carbocycles. The van der Waals surface area contributed by atoms with Gasteiger partial charge in [0.1, 0.15) is 0 Å². The Kier molecular flexibility index (Phi) is 8.36. The summed E-state index contributed by atoms with van der Waals surface area (Å²) in [5.41, 5.74) is 6.03. The van der Waals surface area contributed by atoms with Crippen LogP contribution in [0.25, 0.3) is 0 Å². The van der Waals surface area contributed by atoms with Crippen LogP contribution in [0.1, 0.15) is 51.9 Å². The summed E-state index contributed by atoms with van der Waals surface area (Å²) in [4.78, 5) is 2.56. The summed E-state index contributed by atoms with van der Waals surface area (Å²) < 4.78 is 0. The van der Waals surface area contributed by atoms with E-state index in [1.165, 1.54) is 50.7 Å². The highest BCUT2D eigenvalue weighted by Crippen LogP contribution is 2.29. The molecule has 2 N–H and O–H groups in total. The molecule has 108 valence electrons. The Labute approximate surface area is 118 Å². The first kappa shape index (κ1) is 16.3. The van der Waals surface area contributed by atoms with Crippen LogP contribution in [0.5, 0.6) is 0 Å². The van der Waals surface area contributed by atoms with E-state index in [9.17, 15) is 0 Å². The van der Waals surface area contributed by atoms with Crippen molar-refractivity contribution in [3.05, 3.63) is 0 Å². The molecule has 0 aromatic heterocycles. The summed E-state index contributed by atoms with van der Waals surface area (Å²) in [6.45, 7) is 3.11. The van der Waals surface area contributed by atoms with Crippen LogP contribution in [0, 0.1) is 5.92 Å². The molecule has 1 saturated carbocycles. The molecule has 2 nitrogen and oxygen atoms in total. The third-order valence-electron chi connectivity index (χ3n) is 4.58. The minimum absolute atomic E-state index is 0.588. The molecule has 0 aliphatic heterocycles. The third-order valence-corrected chi connectivity index (χ3v) is 5.30. The summed E-state index contributed by atoms with van der Waals surface area (Å²) in [6.07, 6.45) is 11.9. The van der Waals surface area contributed by atoms with Crippen molar-refractivity contribution in [2.45, 2.75) is 64.0 Å². The van der Waals surface area contributed by atoms with E-state index in [1.807, 2.05) is 11.8 Å². The fraction of sp³-hybridized carbons (Fsp3) is 1.00. The van der Waals surface area contributed by atoms with Crippen LogP contribution in [0.2, 0.25) is 0 Å². The van der Waals surface area contributed by atoms with Crippen LogP contribution >= 0.6 is 11.8 Å². The van der Waals surface area contributed by atoms with Crippen LogP contribution in [-0.4, -0.2) is 42.6 Å². The summed E-state index contributed by atoms with van der Waals surface area (Å²) in [7, 11) is 2.28. The number of hydrogen-bond donors (Lipinski definition) is 1. The van der Waals surface area contributed by atoms with Crippen LogP contribution in [-0.2, 0) is 0 Å². The predicted octanol–water partition coefficient (Wildman–Crippen LogP) is 3.36. The molecular formula is C15H32N2S. The van der Waals surface area contributed by atoms with E-state index in [-0.39, 0.29) is 0 Å². The molecule has 3 heteroatoms. The van der Waals surface area contributed by atoms with Gasteiger partial charge in [-0.05, 0) is 32.1 Å². The Bertz CT molecular complexity index is 205. The van der Waals surface area contributed by atoms with Crippen molar-refractivity contribution >= 4 is 11.8 Å². The molecule has 1 fully saturated rings. The van der Waals surface area contributed by atoms with E-state index in [0.29, 0.717) is 12.1 Å². The van der Waals surface area contributed by atoms with Crippen molar-refractivity contribution in [3.63, 3.8) is 0 Å². The number of nitrogens with two attached hydrogens (primary N) is 1. The number of nitrogens with zero attached hydrogens (tertiary/aromatic N) is 1. The second-order valence-electron chi connectivity index (χ2n) is 5.81. The Morgan fingerprint density at radius 1 is 1.22 bits per heavy atom. The average molecular weight is 273 g/mol. The smallest absolute Gasteiger partial charge is 0.0221 e. The summed E-state index contributed by atoms with van der Waals surface area (Å²) in [5.74, 6) is 2.16. The van der Waals surface area contributed by atoms with Gasteiger partial charge in [0.05, 0.1) is 0 Å². The fourth-order valence-electron chi connectivity index (χ4n) is 3.25. The molecule has 0 spiro atoms. The zero-order chi connectivity index (χ0) is 13.4. The number of rotatable bonds is 8. The predicted molar refractivity (Wildman–Crippen MR) is 84.3 cm³/mol. The van der Waals surface area contributed by atoms with Crippen molar-refractivity contribution in [2.75, 3.05) is 25.6 Å². The van der Waals surface area contributed by atoms with Gasteiger partial charge in [-0.2, -0.15) is 11.8 Å². The van der Waals surface area contributed by atoms with Gasteiger partial charge < -0.3 is 5.73 Å². The molecule has 0 radical (unpaired) electrons. The zero-order valence-corrected chi connectivity index (χ0v) is 13.3. The average Bonchev–Trinajstić information content (AvgIpc) is 2.42. The normalized spacial score (nSPS) is 21.2. The highest BCUT2D eigenvalue weighted by molar-refractivity contribution is 7.98. The van der Waals surface area contributed by atoms with Gasteiger partial charge in [-0.15, -0.1) is 0 Å². The van der Waals surface area contributed by atoms with Crippen molar-refractivity contribution in [1.29, 1.82) is 0 Å². The molecule has 0 bridgehead atoms. The van der Waals surface area contributed by atoms with E-state index in [0.717, 1.165) is 12.5 Å². The van der Waals surface area contributed by atoms with Crippen LogP contribution in [0.4, 0.5) is 0 Å². The monoisotopic (exact) mass is 272 g/mol. The molecule has 18 heavy (non-hydrogen) atoms. The second kappa shape index (κ2) is 9.22. The molecule has 0 heterocycles. The maximum Gasteiger partial charge on any atom is 0.0221 e. The van der Waals surface area contributed by atoms with Gasteiger partial charge in [-0.3, -0.25) is 4.90 Å². The quantitative estimate of drug-likeness (QED) is 0.734. The molecular weight excluding hydrogens is 240 g/mol. The van der Waals surface area contributed by atoms with E-state index < -0.39 is 0 Å². The van der Waals surface area contributed by atoms with Crippen molar-refractivity contribution in [2.24, 2.45) is 11.7 Å². The minimum Gasteiger partial charge on any atom is -0.329 e. The minimum atomic E-state index is 0.588. The van der Waals surface area contributed by atoms with Crippen LogP contribution < -0.4 is 5.73 Å². The van der Waals surface area contributed by atoms with Gasteiger partial charge in [-0.25, -0.2) is 0 Å². The number of likely N-dealkylation sites (N-methyl/N-ethyl adjacent to an activating group) is 1. The standard InChI is InChI=1S/C15H32N2S/c1-4-14(12-18-3)17(2)15(11-16)10-13-8-6-5-7-9-13/h13-15H,4-12,16H2,1-3H3. The lowest BCUT2D eigenvalue weighted by molar-refractivity contribution is 0.150. The molecule has 2 atom stereocenters. The Hall–Kier alpha value is 0.270. The molecule has 1 rings (SSSR count). The SMILES string of the molecule is CCC(CSC)N(C)C(CN)CC1CCCCC1. The van der Waals surface area contributed by atoms with Gasteiger partial charge in [0.15, 0.2) is 0 Å². The lowest BCUT2D eigenvalue weighted by Crippen LogP contribution is -2.46. The van der Waals surface area contributed by atoms with Gasteiger partial charge in [0.25, 0.3) is 0 Å². The van der Waals surface area contributed by atoms with Gasteiger partial charge >= 0.3 is 0 Å². The van der Waals surface area contributed by atoms with Crippen LogP contribution in [0.3, 0.4) is 0 Å². The lowest BCUT2D eigenvalue weighted by atomic mass is 9.84. The summed E-state index contributed by atoms with van der Waals surface area (Å²) in [5, 5.41) is 0. The first-order valence-electron chi connectivity index (χ1n) is 7.63. The summed E-state index contributed by atoms with van der Waals surface area (Å²) >= 11 is 1.95. The maximum atomic E-state index is 6.03. The molecule has 0 saturated heterocycles. The van der Waals surface area contributed by atoms with Crippen molar-refractivity contribution in [3.8, 4) is 0 Å². The van der Waals surface area contributed by atoms with E-state index in [4.69, 9.17) is 5.73 Å². The number of hydrogen-bond acceptors (Lipinski definition) is 3. The fourth-order valence-corrected chi connectivity index (χ4v) is 4.11. The Morgan fingerprint density at radius 2 is 1.89 bits per heavy atom. The number of thioether (sulfide) groups is 1.